The summed E-state index contributed by atoms with van der Waals surface area (Å²) in [5, 5.41) is 0. The highest BCUT2D eigenvalue weighted by atomic mass is 19.1. The zero-order chi connectivity index (χ0) is 14.1. The first-order valence-electron chi connectivity index (χ1n) is 6.56. The summed E-state index contributed by atoms with van der Waals surface area (Å²) in [5.41, 5.74) is 7.24. The van der Waals surface area contributed by atoms with E-state index in [4.69, 9.17) is 10.5 Å². The fourth-order valence-corrected chi connectivity index (χ4v) is 2.31. The van der Waals surface area contributed by atoms with Crippen LogP contribution in [0, 0.1) is 11.6 Å². The van der Waals surface area contributed by atoms with E-state index in [0.29, 0.717) is 5.56 Å². The molecule has 3 rings (SSSR count). The largest absolute Gasteiger partial charge is 0.486 e. The molecule has 1 aliphatic rings. The predicted molar refractivity (Wildman–Crippen MR) is 79.2 cm³/mol. The first-order chi connectivity index (χ1) is 9.65. The molecule has 0 aliphatic heterocycles. The van der Waals surface area contributed by atoms with Gasteiger partial charge >= 0.3 is 0 Å². The highest BCUT2D eigenvalue weighted by Crippen LogP contribution is 2.44. The van der Waals surface area contributed by atoms with E-state index in [1.165, 1.54) is 6.07 Å². The van der Waals surface area contributed by atoms with Crippen molar-refractivity contribution < 1.29 is 13.5 Å². The molecule has 0 radical (unpaired) electrons. The lowest BCUT2D eigenvalue weighted by Gasteiger charge is -2.12. The molecule has 0 amide bonds. The molecule has 2 nitrogen and oxygen atoms in total. The average Bonchev–Trinajstić information content (AvgIpc) is 3.15. The van der Waals surface area contributed by atoms with E-state index in [1.54, 1.807) is 0 Å². The smallest absolute Gasteiger partial charge is 0.168 e. The Bertz CT molecular complexity index is 616. The average molecular weight is 291 g/mol. The van der Waals surface area contributed by atoms with Crippen LogP contribution in [0.5, 0.6) is 5.75 Å². The molecule has 1 saturated carbocycles. The molecule has 1 aliphatic carbocycles. The molecule has 0 heterocycles. The van der Waals surface area contributed by atoms with Crippen LogP contribution in [0.2, 0.25) is 0 Å². The Hall–Kier alpha value is -1.94. The number of halogens is 2. The van der Waals surface area contributed by atoms with Crippen LogP contribution in [0.1, 0.15) is 30.9 Å². The highest BCUT2D eigenvalue weighted by Gasteiger charge is 2.38. The van der Waals surface area contributed by atoms with Crippen molar-refractivity contribution in [3.63, 3.8) is 0 Å². The Morgan fingerprint density at radius 3 is 2.43 bits per heavy atom. The molecule has 0 aromatic heterocycles. The van der Waals surface area contributed by atoms with E-state index in [9.17, 15) is 8.78 Å². The molecule has 0 saturated heterocycles. The summed E-state index contributed by atoms with van der Waals surface area (Å²) in [6.07, 6.45) is 0.741. The highest BCUT2D eigenvalue weighted by molar-refractivity contribution is 5.42. The summed E-state index contributed by atoms with van der Waals surface area (Å²) >= 11 is 0. The van der Waals surface area contributed by atoms with Crippen molar-refractivity contribution in [1.29, 1.82) is 0 Å². The molecular formula is C17H19F2NO. The minimum Gasteiger partial charge on any atom is -0.486 e. The van der Waals surface area contributed by atoms with Gasteiger partial charge in [-0.2, -0.15) is 0 Å². The van der Waals surface area contributed by atoms with E-state index < -0.39 is 11.6 Å². The van der Waals surface area contributed by atoms with Gasteiger partial charge in [-0.15, -0.1) is 0 Å². The lowest BCUT2D eigenvalue weighted by molar-refractivity contribution is 0.285. The zero-order valence-corrected chi connectivity index (χ0v) is 10.9. The summed E-state index contributed by atoms with van der Waals surface area (Å²) in [6, 6.07) is 11.6. The number of rotatable bonds is 4. The molecule has 2 atom stereocenters. The fourth-order valence-electron chi connectivity index (χ4n) is 2.31. The van der Waals surface area contributed by atoms with E-state index >= 15 is 0 Å². The fraction of sp³-hybridized carbons (Fsp3) is 0.294. The standard InChI is InChI=1S/C16H15F2NO.CH4/c17-11-6-13(12-8-15(12)19)16(14(18)7-11)20-9-10-4-2-1-3-5-10;/h1-7,12,15H,8-9,19H2;1H4. The minimum absolute atomic E-state index is 0. The Morgan fingerprint density at radius 1 is 1.14 bits per heavy atom. The van der Waals surface area contributed by atoms with Crippen LogP contribution in [-0.2, 0) is 6.61 Å². The maximum absolute atomic E-state index is 13.9. The minimum atomic E-state index is -0.671. The summed E-state index contributed by atoms with van der Waals surface area (Å²) in [6.45, 7) is 0.248. The summed E-state index contributed by atoms with van der Waals surface area (Å²) in [7, 11) is 0. The maximum Gasteiger partial charge on any atom is 0.168 e. The van der Waals surface area contributed by atoms with Gasteiger partial charge in [0.2, 0.25) is 0 Å². The van der Waals surface area contributed by atoms with Crippen molar-refractivity contribution in [2.45, 2.75) is 32.4 Å². The first-order valence-corrected chi connectivity index (χ1v) is 6.56. The summed E-state index contributed by atoms with van der Waals surface area (Å²) < 4.78 is 32.8. The van der Waals surface area contributed by atoms with Crippen LogP contribution in [0.25, 0.3) is 0 Å². The SMILES string of the molecule is C.NC1CC1c1cc(F)cc(F)c1OCc1ccccc1. The van der Waals surface area contributed by atoms with E-state index in [-0.39, 0.29) is 31.7 Å². The van der Waals surface area contributed by atoms with Crippen molar-refractivity contribution in [2.24, 2.45) is 5.73 Å². The molecule has 112 valence electrons. The van der Waals surface area contributed by atoms with Gasteiger partial charge in [-0.25, -0.2) is 8.78 Å². The molecule has 1 fully saturated rings. The van der Waals surface area contributed by atoms with Crippen LogP contribution in [0.4, 0.5) is 8.78 Å². The van der Waals surface area contributed by atoms with Gasteiger partial charge in [0.15, 0.2) is 11.6 Å². The van der Waals surface area contributed by atoms with Gasteiger partial charge in [0.25, 0.3) is 0 Å². The van der Waals surface area contributed by atoms with Crippen molar-refractivity contribution in [3.05, 3.63) is 65.2 Å². The Morgan fingerprint density at radius 2 is 1.81 bits per heavy atom. The van der Waals surface area contributed by atoms with Gasteiger partial charge < -0.3 is 10.5 Å². The molecule has 2 aromatic rings. The number of hydrogen-bond acceptors (Lipinski definition) is 2. The third-order valence-electron chi connectivity index (χ3n) is 3.50. The van der Waals surface area contributed by atoms with Crippen molar-refractivity contribution in [2.75, 3.05) is 0 Å². The molecule has 0 spiro atoms. The Balaban J connectivity index is 0.00000161. The molecule has 2 N–H and O–H groups in total. The van der Waals surface area contributed by atoms with Crippen molar-refractivity contribution in [1.82, 2.24) is 0 Å². The van der Waals surface area contributed by atoms with Crippen LogP contribution in [0.3, 0.4) is 0 Å². The van der Waals surface area contributed by atoms with Crippen LogP contribution in [-0.4, -0.2) is 6.04 Å². The van der Waals surface area contributed by atoms with Crippen LogP contribution >= 0.6 is 0 Å². The zero-order valence-electron chi connectivity index (χ0n) is 10.9. The second-order valence-corrected chi connectivity index (χ2v) is 5.09. The van der Waals surface area contributed by atoms with Gasteiger partial charge in [0.05, 0.1) is 0 Å². The number of benzene rings is 2. The maximum atomic E-state index is 13.9. The Labute approximate surface area is 123 Å². The molecule has 4 heteroatoms. The van der Waals surface area contributed by atoms with E-state index in [2.05, 4.69) is 0 Å². The van der Waals surface area contributed by atoms with E-state index in [0.717, 1.165) is 18.1 Å². The quantitative estimate of drug-likeness (QED) is 0.924. The number of nitrogens with two attached hydrogens (primary N) is 1. The van der Waals surface area contributed by atoms with Gasteiger partial charge in [0.1, 0.15) is 12.4 Å². The molecule has 2 unspecified atom stereocenters. The summed E-state index contributed by atoms with van der Waals surface area (Å²) in [5.74, 6) is -1.15. The normalized spacial score (nSPS) is 19.8. The topological polar surface area (TPSA) is 35.2 Å². The number of hydrogen-bond donors (Lipinski definition) is 1. The lowest BCUT2D eigenvalue weighted by Crippen LogP contribution is -2.05. The predicted octanol–water partition coefficient (Wildman–Crippen LogP) is 3.99. The van der Waals surface area contributed by atoms with Crippen molar-refractivity contribution >= 4 is 0 Å². The Kier molecular flexibility index (Phi) is 4.58. The first kappa shape index (κ1) is 15.4. The third-order valence-corrected chi connectivity index (χ3v) is 3.50. The molecule has 2 aromatic carbocycles. The van der Waals surface area contributed by atoms with E-state index in [1.807, 2.05) is 30.3 Å². The summed E-state index contributed by atoms with van der Waals surface area (Å²) in [4.78, 5) is 0. The monoisotopic (exact) mass is 291 g/mol. The second kappa shape index (κ2) is 6.22. The van der Waals surface area contributed by atoms with Gasteiger partial charge in [-0.05, 0) is 18.1 Å². The molecule has 21 heavy (non-hydrogen) atoms. The van der Waals surface area contributed by atoms with Gasteiger partial charge in [-0.1, -0.05) is 37.8 Å². The van der Waals surface area contributed by atoms with Gasteiger partial charge in [-0.3, -0.25) is 0 Å². The van der Waals surface area contributed by atoms with Crippen molar-refractivity contribution in [3.8, 4) is 5.75 Å². The second-order valence-electron chi connectivity index (χ2n) is 5.09. The van der Waals surface area contributed by atoms with Crippen LogP contribution in [0.15, 0.2) is 42.5 Å². The molecule has 0 bridgehead atoms. The van der Waals surface area contributed by atoms with Gasteiger partial charge in [0, 0.05) is 23.6 Å². The number of ether oxygens (including phenoxy) is 1. The third kappa shape index (κ3) is 3.39. The van der Waals surface area contributed by atoms with Crippen LogP contribution < -0.4 is 10.5 Å². The lowest BCUT2D eigenvalue weighted by atomic mass is 10.1. The molecular weight excluding hydrogens is 272 g/mol.